The number of rotatable bonds is 6. The molecule has 0 bridgehead atoms. The largest absolute Gasteiger partial charge is 0.496 e. The average molecular weight is 303 g/mol. The van der Waals surface area contributed by atoms with Crippen LogP contribution in [-0.4, -0.2) is 24.1 Å². The van der Waals surface area contributed by atoms with Crippen LogP contribution in [-0.2, 0) is 17.8 Å². The zero-order valence-electron chi connectivity index (χ0n) is 12.4. The van der Waals surface area contributed by atoms with Gasteiger partial charge in [-0.25, -0.2) is 4.79 Å². The van der Waals surface area contributed by atoms with Gasteiger partial charge in [0, 0.05) is 5.56 Å². The van der Waals surface area contributed by atoms with Crippen LogP contribution in [0.25, 0.3) is 0 Å². The van der Waals surface area contributed by atoms with Crippen molar-refractivity contribution >= 4 is 11.9 Å². The van der Waals surface area contributed by atoms with Crippen LogP contribution in [0.1, 0.15) is 27.4 Å². The molecule has 6 heteroatoms. The minimum absolute atomic E-state index is 0.139. The first kappa shape index (κ1) is 15.6. The van der Waals surface area contributed by atoms with Gasteiger partial charge in [0.2, 0.25) is 11.7 Å². The summed E-state index contributed by atoms with van der Waals surface area (Å²) in [5.74, 6) is -0.433. The van der Waals surface area contributed by atoms with Gasteiger partial charge in [-0.1, -0.05) is 17.7 Å². The maximum Gasteiger partial charge on any atom is 0.371 e. The minimum Gasteiger partial charge on any atom is -0.496 e. The fraction of sp³-hybridized carbons (Fsp3) is 0.250. The molecule has 22 heavy (non-hydrogen) atoms. The number of aromatic carboxylic acids is 1. The van der Waals surface area contributed by atoms with Crippen LogP contribution >= 0.6 is 0 Å². The highest BCUT2D eigenvalue weighted by Crippen LogP contribution is 2.20. The molecule has 0 saturated heterocycles. The van der Waals surface area contributed by atoms with E-state index in [1.54, 1.807) is 7.11 Å². The van der Waals surface area contributed by atoms with Crippen molar-refractivity contribution in [3.63, 3.8) is 0 Å². The van der Waals surface area contributed by atoms with Crippen LogP contribution < -0.4 is 10.1 Å². The Balaban J connectivity index is 1.95. The highest BCUT2D eigenvalue weighted by atomic mass is 16.5. The summed E-state index contributed by atoms with van der Waals surface area (Å²) in [6.45, 7) is 2.08. The number of ether oxygens (including phenoxy) is 1. The lowest BCUT2D eigenvalue weighted by Gasteiger charge is -2.09. The van der Waals surface area contributed by atoms with Crippen molar-refractivity contribution in [2.75, 3.05) is 7.11 Å². The zero-order chi connectivity index (χ0) is 16.1. The Bertz CT molecular complexity index is 690. The highest BCUT2D eigenvalue weighted by molar-refractivity contribution is 5.84. The Labute approximate surface area is 127 Å². The van der Waals surface area contributed by atoms with Crippen LogP contribution in [0.4, 0.5) is 0 Å². The van der Waals surface area contributed by atoms with Gasteiger partial charge >= 0.3 is 5.97 Å². The van der Waals surface area contributed by atoms with Crippen molar-refractivity contribution in [2.24, 2.45) is 0 Å². The van der Waals surface area contributed by atoms with Crippen LogP contribution in [0.2, 0.25) is 0 Å². The summed E-state index contributed by atoms with van der Waals surface area (Å²) >= 11 is 0. The second kappa shape index (κ2) is 6.80. The average Bonchev–Trinajstić information content (AvgIpc) is 2.94. The molecule has 0 radical (unpaired) electrons. The van der Waals surface area contributed by atoms with E-state index in [0.29, 0.717) is 11.5 Å². The summed E-state index contributed by atoms with van der Waals surface area (Å²) in [6, 6.07) is 8.51. The van der Waals surface area contributed by atoms with Gasteiger partial charge in [-0.3, -0.25) is 4.79 Å². The molecule has 0 unspecified atom stereocenters. The first-order valence-corrected chi connectivity index (χ1v) is 6.72. The van der Waals surface area contributed by atoms with Gasteiger partial charge < -0.3 is 19.6 Å². The second-order valence-electron chi connectivity index (χ2n) is 4.84. The van der Waals surface area contributed by atoms with Crippen molar-refractivity contribution in [1.29, 1.82) is 0 Å². The summed E-state index contributed by atoms with van der Waals surface area (Å²) in [5, 5.41) is 11.4. The second-order valence-corrected chi connectivity index (χ2v) is 4.84. The van der Waals surface area contributed by atoms with Crippen molar-refractivity contribution in [3.05, 3.63) is 53.0 Å². The topological polar surface area (TPSA) is 88.8 Å². The number of carboxylic acid groups (broad SMARTS) is 1. The predicted molar refractivity (Wildman–Crippen MR) is 78.9 cm³/mol. The van der Waals surface area contributed by atoms with Gasteiger partial charge in [0.05, 0.1) is 20.1 Å². The van der Waals surface area contributed by atoms with E-state index in [9.17, 15) is 9.59 Å². The van der Waals surface area contributed by atoms with Gasteiger partial charge in [0.1, 0.15) is 11.5 Å². The molecule has 1 aromatic heterocycles. The summed E-state index contributed by atoms with van der Waals surface area (Å²) < 4.78 is 10.3. The van der Waals surface area contributed by atoms with Crippen LogP contribution in [0.3, 0.4) is 0 Å². The monoisotopic (exact) mass is 303 g/mol. The van der Waals surface area contributed by atoms with Gasteiger partial charge in [0.25, 0.3) is 0 Å². The Morgan fingerprint density at radius 2 is 2.05 bits per heavy atom. The Hall–Kier alpha value is -2.76. The number of hydrogen-bond donors (Lipinski definition) is 2. The van der Waals surface area contributed by atoms with Crippen molar-refractivity contribution in [3.8, 4) is 5.75 Å². The molecule has 0 atom stereocenters. The van der Waals surface area contributed by atoms with Gasteiger partial charge in [-0.2, -0.15) is 0 Å². The lowest BCUT2D eigenvalue weighted by Crippen LogP contribution is -2.24. The standard InChI is InChI=1S/C16H17NO5/c1-10-3-5-13(21-2)11(7-10)8-15(18)17-9-12-4-6-14(22-12)16(19)20/h3-7H,8-9H2,1-2H3,(H,17,18)(H,19,20). The summed E-state index contributed by atoms with van der Waals surface area (Å²) in [5.41, 5.74) is 1.84. The molecule has 1 heterocycles. The minimum atomic E-state index is -1.14. The first-order chi connectivity index (χ1) is 10.5. The molecule has 116 valence electrons. The Kier molecular flexibility index (Phi) is 4.83. The molecule has 2 N–H and O–H groups in total. The number of furan rings is 1. The number of methoxy groups -OCH3 is 1. The van der Waals surface area contributed by atoms with Crippen molar-refractivity contribution in [2.45, 2.75) is 19.9 Å². The van der Waals surface area contributed by atoms with Crippen molar-refractivity contribution < 1.29 is 23.8 Å². The number of amides is 1. The molecule has 0 aliphatic heterocycles. The third-order valence-electron chi connectivity index (χ3n) is 3.12. The van der Waals surface area contributed by atoms with Gasteiger partial charge in [-0.15, -0.1) is 0 Å². The highest BCUT2D eigenvalue weighted by Gasteiger charge is 2.12. The lowest BCUT2D eigenvalue weighted by atomic mass is 10.1. The van der Waals surface area contributed by atoms with Crippen LogP contribution in [0, 0.1) is 6.92 Å². The fourth-order valence-electron chi connectivity index (χ4n) is 2.05. The number of aryl methyl sites for hydroxylation is 1. The van der Waals surface area contributed by atoms with Gasteiger partial charge in [-0.05, 0) is 25.1 Å². The molecule has 2 aromatic rings. The molecule has 1 amide bonds. The molecule has 0 saturated carbocycles. The predicted octanol–water partition coefficient (Wildman–Crippen LogP) is 2.15. The van der Waals surface area contributed by atoms with E-state index in [-0.39, 0.29) is 24.6 Å². The summed E-state index contributed by atoms with van der Waals surface area (Å²) in [7, 11) is 1.56. The first-order valence-electron chi connectivity index (χ1n) is 6.72. The lowest BCUT2D eigenvalue weighted by molar-refractivity contribution is -0.120. The maximum atomic E-state index is 12.0. The summed E-state index contributed by atoms with van der Waals surface area (Å²) in [6.07, 6.45) is 0.178. The molecule has 0 spiro atoms. The van der Waals surface area contributed by atoms with E-state index < -0.39 is 5.97 Å². The van der Waals surface area contributed by atoms with Crippen molar-refractivity contribution in [1.82, 2.24) is 5.32 Å². The molecule has 2 rings (SSSR count). The van der Waals surface area contributed by atoms with E-state index in [1.165, 1.54) is 12.1 Å². The zero-order valence-corrected chi connectivity index (χ0v) is 12.4. The fourth-order valence-corrected chi connectivity index (χ4v) is 2.05. The van der Waals surface area contributed by atoms with Gasteiger partial charge in [0.15, 0.2) is 0 Å². The third kappa shape index (κ3) is 3.88. The SMILES string of the molecule is COc1ccc(C)cc1CC(=O)NCc1ccc(C(=O)O)o1. The number of carboxylic acids is 1. The Morgan fingerprint density at radius 3 is 2.68 bits per heavy atom. The smallest absolute Gasteiger partial charge is 0.371 e. The number of carbonyl (C=O) groups excluding carboxylic acids is 1. The summed E-state index contributed by atoms with van der Waals surface area (Å²) in [4.78, 5) is 22.7. The van der Waals surface area contributed by atoms with Crippen LogP contribution in [0.5, 0.6) is 5.75 Å². The molecule has 0 aliphatic rings. The Morgan fingerprint density at radius 1 is 1.27 bits per heavy atom. The molecule has 0 aliphatic carbocycles. The third-order valence-corrected chi connectivity index (χ3v) is 3.12. The van der Waals surface area contributed by atoms with E-state index in [2.05, 4.69) is 5.32 Å². The maximum absolute atomic E-state index is 12.0. The van der Waals surface area contributed by atoms with E-state index in [4.69, 9.17) is 14.3 Å². The van der Waals surface area contributed by atoms with E-state index in [0.717, 1.165) is 11.1 Å². The van der Waals surface area contributed by atoms with E-state index >= 15 is 0 Å². The molecule has 1 aromatic carbocycles. The number of hydrogen-bond acceptors (Lipinski definition) is 4. The molecular formula is C16H17NO5. The quantitative estimate of drug-likeness (QED) is 0.853. The molecule has 0 fully saturated rings. The number of carbonyl (C=O) groups is 2. The molecular weight excluding hydrogens is 286 g/mol. The normalized spacial score (nSPS) is 10.3. The van der Waals surface area contributed by atoms with Crippen LogP contribution in [0.15, 0.2) is 34.7 Å². The molecule has 6 nitrogen and oxygen atoms in total. The number of benzene rings is 1. The van der Waals surface area contributed by atoms with E-state index in [1.807, 2.05) is 25.1 Å². The number of nitrogens with one attached hydrogen (secondary N) is 1.